The Morgan fingerprint density at radius 1 is 0.833 bits per heavy atom. The Bertz CT molecular complexity index is 96.7. The first-order valence-electron chi connectivity index (χ1n) is 4.40. The van der Waals surface area contributed by atoms with Crippen LogP contribution in [-0.4, -0.2) is 52.8 Å². The van der Waals surface area contributed by atoms with Gasteiger partial charge in [0.2, 0.25) is 0 Å². The Labute approximate surface area is 98.9 Å². The van der Waals surface area contributed by atoms with Gasteiger partial charge in [-0.05, 0) is 41.5 Å². The number of hydrogen-bond donors (Lipinski definition) is 0. The summed E-state index contributed by atoms with van der Waals surface area (Å²) in [6.45, 7) is 12.7. The first-order valence-corrected chi connectivity index (χ1v) is 4.40. The van der Waals surface area contributed by atoms with E-state index >= 15 is 0 Å². The van der Waals surface area contributed by atoms with Crippen molar-refractivity contribution in [2.24, 2.45) is 0 Å². The van der Waals surface area contributed by atoms with Gasteiger partial charge in [0.1, 0.15) is 0 Å². The summed E-state index contributed by atoms with van der Waals surface area (Å²) in [7, 11) is 0. The van der Waals surface area contributed by atoms with E-state index in [2.05, 4.69) is 41.5 Å². The van der Waals surface area contributed by atoms with Crippen molar-refractivity contribution >= 4 is 29.6 Å². The van der Waals surface area contributed by atoms with Crippen molar-refractivity contribution in [3.63, 3.8) is 0 Å². The van der Waals surface area contributed by atoms with Gasteiger partial charge < -0.3 is 0 Å². The molecule has 0 heterocycles. The Balaban J connectivity index is 0. The predicted molar refractivity (Wildman–Crippen MR) is 55.5 cm³/mol. The van der Waals surface area contributed by atoms with Gasteiger partial charge in [-0.3, -0.25) is 4.84 Å². The van der Waals surface area contributed by atoms with E-state index < -0.39 is 0 Å². The van der Waals surface area contributed by atoms with E-state index in [-0.39, 0.29) is 35.7 Å². The molecule has 0 bridgehead atoms. The molecule has 12 heavy (non-hydrogen) atoms. The molecular formula is C9H22NNaO. The molecule has 0 N–H and O–H groups in total. The molecule has 0 rings (SSSR count). The van der Waals surface area contributed by atoms with Crippen LogP contribution < -0.4 is 0 Å². The second-order valence-corrected chi connectivity index (χ2v) is 3.70. The van der Waals surface area contributed by atoms with Gasteiger partial charge in [-0.15, -0.1) is 0 Å². The van der Waals surface area contributed by atoms with Gasteiger partial charge in [0, 0.05) is 12.1 Å². The van der Waals surface area contributed by atoms with Crippen LogP contribution in [0.5, 0.6) is 0 Å². The van der Waals surface area contributed by atoms with E-state index in [0.717, 1.165) is 0 Å². The van der Waals surface area contributed by atoms with Crippen LogP contribution in [-0.2, 0) is 4.84 Å². The third-order valence-corrected chi connectivity index (χ3v) is 1.35. The van der Waals surface area contributed by atoms with E-state index in [0.29, 0.717) is 12.1 Å². The normalized spacial score (nSPS) is 11.5. The Hall–Kier alpha value is 0.920. The molecule has 0 amide bonds. The zero-order chi connectivity index (χ0) is 9.02. The average Bonchev–Trinajstić information content (AvgIpc) is 1.81. The fourth-order valence-corrected chi connectivity index (χ4v) is 1.08. The molecule has 0 aromatic rings. The molecule has 3 heteroatoms. The van der Waals surface area contributed by atoms with Gasteiger partial charge in [0.05, 0.1) is 6.10 Å². The average molecular weight is 183 g/mol. The zero-order valence-electron chi connectivity index (χ0n) is 8.59. The summed E-state index contributed by atoms with van der Waals surface area (Å²) in [4.78, 5) is 5.61. The minimum atomic E-state index is 0. The predicted octanol–water partition coefficient (Wildman–Crippen LogP) is 1.80. The number of hydroxylamine groups is 2. The summed E-state index contributed by atoms with van der Waals surface area (Å²) in [5, 5.41) is 2.03. The van der Waals surface area contributed by atoms with Crippen molar-refractivity contribution in [3.05, 3.63) is 0 Å². The molecule has 0 fully saturated rings. The molecule has 0 saturated carbocycles. The second kappa shape index (κ2) is 7.34. The summed E-state index contributed by atoms with van der Waals surface area (Å²) < 4.78 is 0. The standard InChI is InChI=1S/C9H21NO.Na.H/c1-7(2)10(8(3)4)11-9(5)6;;/h7-9H,1-6H3;;. The van der Waals surface area contributed by atoms with E-state index in [1.807, 2.05) is 5.06 Å². The second-order valence-electron chi connectivity index (χ2n) is 3.70. The third kappa shape index (κ3) is 6.44. The molecule has 0 saturated heterocycles. The summed E-state index contributed by atoms with van der Waals surface area (Å²) in [5.41, 5.74) is 0. The molecule has 0 unspecified atom stereocenters. The molecule has 0 spiro atoms. The Morgan fingerprint density at radius 2 is 1.17 bits per heavy atom. The Kier molecular flexibility index (Phi) is 9.41. The topological polar surface area (TPSA) is 12.5 Å². The van der Waals surface area contributed by atoms with Crippen molar-refractivity contribution in [2.45, 2.75) is 59.7 Å². The van der Waals surface area contributed by atoms with Crippen molar-refractivity contribution in [1.82, 2.24) is 5.06 Å². The van der Waals surface area contributed by atoms with Crippen molar-refractivity contribution in [2.75, 3.05) is 0 Å². The van der Waals surface area contributed by atoms with Crippen LogP contribution in [0.15, 0.2) is 0 Å². The summed E-state index contributed by atoms with van der Waals surface area (Å²) in [6.07, 6.45) is 0.278. The quantitative estimate of drug-likeness (QED) is 0.487. The molecule has 0 aromatic heterocycles. The molecule has 0 radical (unpaired) electrons. The number of rotatable bonds is 4. The molecule has 0 aliphatic heterocycles. The van der Waals surface area contributed by atoms with Crippen molar-refractivity contribution in [3.8, 4) is 0 Å². The minimum absolute atomic E-state index is 0. The summed E-state index contributed by atoms with van der Waals surface area (Å²) >= 11 is 0. The molecular weight excluding hydrogens is 161 g/mol. The monoisotopic (exact) mass is 183 g/mol. The SMILES string of the molecule is CC(C)ON(C(C)C)C(C)C.[NaH]. The molecule has 70 valence electrons. The Morgan fingerprint density at radius 3 is 1.25 bits per heavy atom. The maximum atomic E-state index is 5.61. The van der Waals surface area contributed by atoms with E-state index in [1.165, 1.54) is 0 Å². The fourth-order valence-electron chi connectivity index (χ4n) is 1.08. The van der Waals surface area contributed by atoms with Crippen molar-refractivity contribution < 1.29 is 4.84 Å². The zero-order valence-corrected chi connectivity index (χ0v) is 8.59. The first-order chi connectivity index (χ1) is 4.95. The van der Waals surface area contributed by atoms with Gasteiger partial charge >= 0.3 is 29.6 Å². The van der Waals surface area contributed by atoms with Crippen LogP contribution in [0.2, 0.25) is 0 Å². The molecule has 0 aromatic carbocycles. The molecule has 2 nitrogen and oxygen atoms in total. The van der Waals surface area contributed by atoms with Gasteiger partial charge in [0.15, 0.2) is 0 Å². The van der Waals surface area contributed by atoms with E-state index in [4.69, 9.17) is 4.84 Å². The maximum absolute atomic E-state index is 5.61. The van der Waals surface area contributed by atoms with Crippen LogP contribution in [0.3, 0.4) is 0 Å². The van der Waals surface area contributed by atoms with Gasteiger partial charge in [-0.2, -0.15) is 5.06 Å². The van der Waals surface area contributed by atoms with Crippen LogP contribution in [0.4, 0.5) is 0 Å². The summed E-state index contributed by atoms with van der Waals surface area (Å²) in [6, 6.07) is 0.912. The van der Waals surface area contributed by atoms with Gasteiger partial charge in [-0.25, -0.2) is 0 Å². The molecule has 0 atom stereocenters. The number of nitrogens with zero attached hydrogens (tertiary/aromatic N) is 1. The van der Waals surface area contributed by atoms with Crippen LogP contribution >= 0.6 is 0 Å². The molecule has 0 aliphatic carbocycles. The third-order valence-electron chi connectivity index (χ3n) is 1.35. The van der Waals surface area contributed by atoms with Gasteiger partial charge in [-0.1, -0.05) is 0 Å². The molecule has 0 aliphatic rings. The van der Waals surface area contributed by atoms with Crippen LogP contribution in [0.25, 0.3) is 0 Å². The van der Waals surface area contributed by atoms with Crippen LogP contribution in [0, 0.1) is 0 Å². The van der Waals surface area contributed by atoms with Crippen LogP contribution in [0.1, 0.15) is 41.5 Å². The van der Waals surface area contributed by atoms with E-state index in [1.54, 1.807) is 0 Å². The summed E-state index contributed by atoms with van der Waals surface area (Å²) in [5.74, 6) is 0. The first kappa shape index (κ1) is 15.4. The van der Waals surface area contributed by atoms with Gasteiger partial charge in [0.25, 0.3) is 0 Å². The fraction of sp³-hybridized carbons (Fsp3) is 1.00. The van der Waals surface area contributed by atoms with E-state index in [9.17, 15) is 0 Å². The number of hydrogen-bond acceptors (Lipinski definition) is 2. The van der Waals surface area contributed by atoms with Crippen molar-refractivity contribution in [1.29, 1.82) is 0 Å².